The van der Waals surface area contributed by atoms with Crippen LogP contribution < -0.4 is 10.6 Å². The van der Waals surface area contributed by atoms with Crippen LogP contribution in [0.15, 0.2) is 24.3 Å². The van der Waals surface area contributed by atoms with Gasteiger partial charge in [-0.3, -0.25) is 0 Å². The van der Waals surface area contributed by atoms with Gasteiger partial charge in [0.05, 0.1) is 12.2 Å². The summed E-state index contributed by atoms with van der Waals surface area (Å²) in [5.41, 5.74) is 2.01. The number of hydrogen-bond donors (Lipinski definition) is 2. The third-order valence-corrected chi connectivity index (χ3v) is 4.40. The monoisotopic (exact) mass is 289 g/mol. The number of fused-ring (bicyclic) bond motifs is 2. The number of anilines is 1. The number of carbonyl (C=O) groups excluding carboxylic acids is 1. The molecule has 21 heavy (non-hydrogen) atoms. The second-order valence-electron chi connectivity index (χ2n) is 5.93. The molecule has 0 radical (unpaired) electrons. The number of urea groups is 1. The molecule has 3 rings (SSSR count). The van der Waals surface area contributed by atoms with Gasteiger partial charge in [-0.2, -0.15) is 0 Å². The zero-order chi connectivity index (χ0) is 14.8. The van der Waals surface area contributed by atoms with Crippen LogP contribution in [0, 0.1) is 0 Å². The van der Waals surface area contributed by atoms with E-state index in [9.17, 15) is 4.79 Å². The highest BCUT2D eigenvalue weighted by Crippen LogP contribution is 2.26. The lowest BCUT2D eigenvalue weighted by atomic mass is 10.1. The number of nitrogens with zero attached hydrogens (tertiary/aromatic N) is 1. The van der Waals surface area contributed by atoms with Gasteiger partial charge in [-0.1, -0.05) is 12.1 Å². The maximum absolute atomic E-state index is 12.4. The molecule has 2 heterocycles. The van der Waals surface area contributed by atoms with E-state index in [4.69, 9.17) is 4.74 Å². The third kappa shape index (κ3) is 3.19. The summed E-state index contributed by atoms with van der Waals surface area (Å²) < 4.78 is 5.76. The van der Waals surface area contributed by atoms with Crippen LogP contribution in [0.3, 0.4) is 0 Å². The predicted octanol–water partition coefficient (Wildman–Crippen LogP) is 2.36. The molecule has 2 aliphatic rings. The van der Waals surface area contributed by atoms with Gasteiger partial charge < -0.3 is 20.3 Å². The molecule has 2 fully saturated rings. The minimum Gasteiger partial charge on any atom is -0.371 e. The Hall–Kier alpha value is -1.59. The van der Waals surface area contributed by atoms with Crippen LogP contribution in [-0.2, 0) is 4.74 Å². The molecule has 0 saturated carbocycles. The van der Waals surface area contributed by atoms with Crippen LogP contribution in [0.4, 0.5) is 10.5 Å². The Labute approximate surface area is 125 Å². The van der Waals surface area contributed by atoms with E-state index in [2.05, 4.69) is 23.6 Å². The van der Waals surface area contributed by atoms with Crippen molar-refractivity contribution in [2.75, 3.05) is 25.5 Å². The number of hydrogen-bond acceptors (Lipinski definition) is 3. The Balaban J connectivity index is 1.64. The molecule has 2 aliphatic heterocycles. The van der Waals surface area contributed by atoms with Gasteiger partial charge in [-0.05, 0) is 44.5 Å². The molecule has 3 atom stereocenters. The maximum Gasteiger partial charge on any atom is 0.322 e. The topological polar surface area (TPSA) is 53.6 Å². The average molecular weight is 289 g/mol. The molecular formula is C16H23N3O2. The molecule has 0 spiro atoms. The van der Waals surface area contributed by atoms with Crippen molar-refractivity contribution in [2.45, 2.75) is 38.0 Å². The van der Waals surface area contributed by atoms with Gasteiger partial charge in [0.2, 0.25) is 0 Å². The number of likely N-dealkylation sites (tertiary alicyclic amines) is 1. The maximum atomic E-state index is 12.4. The third-order valence-electron chi connectivity index (χ3n) is 4.40. The Bertz CT molecular complexity index is 508. The average Bonchev–Trinajstić information content (AvgIpc) is 2.85. The van der Waals surface area contributed by atoms with Gasteiger partial charge in [0, 0.05) is 24.8 Å². The second kappa shape index (κ2) is 6.03. The summed E-state index contributed by atoms with van der Waals surface area (Å²) in [4.78, 5) is 14.3. The first-order valence-corrected chi connectivity index (χ1v) is 7.64. The Kier molecular flexibility index (Phi) is 4.12. The van der Waals surface area contributed by atoms with E-state index in [1.54, 1.807) is 0 Å². The van der Waals surface area contributed by atoms with Crippen LogP contribution in [0.5, 0.6) is 0 Å². The molecule has 114 valence electrons. The molecule has 0 aromatic heterocycles. The van der Waals surface area contributed by atoms with Gasteiger partial charge in [0.25, 0.3) is 0 Å². The van der Waals surface area contributed by atoms with Gasteiger partial charge in [0.15, 0.2) is 0 Å². The Morgan fingerprint density at radius 2 is 2.05 bits per heavy atom. The molecule has 0 aliphatic carbocycles. The van der Waals surface area contributed by atoms with Crippen LogP contribution >= 0.6 is 0 Å². The molecule has 1 aromatic carbocycles. The highest BCUT2D eigenvalue weighted by molar-refractivity contribution is 5.89. The molecule has 1 aromatic rings. The van der Waals surface area contributed by atoms with Gasteiger partial charge in [-0.15, -0.1) is 0 Å². The van der Waals surface area contributed by atoms with Crippen LogP contribution in [0.25, 0.3) is 0 Å². The van der Waals surface area contributed by atoms with Crippen LogP contribution in [0.1, 0.15) is 31.4 Å². The van der Waals surface area contributed by atoms with Crippen LogP contribution in [-0.4, -0.2) is 43.3 Å². The molecule has 2 saturated heterocycles. The van der Waals surface area contributed by atoms with Crippen molar-refractivity contribution in [1.82, 2.24) is 10.2 Å². The summed E-state index contributed by atoms with van der Waals surface area (Å²) in [6.07, 6.45) is 2.60. The fourth-order valence-corrected chi connectivity index (χ4v) is 3.04. The Morgan fingerprint density at radius 1 is 1.33 bits per heavy atom. The summed E-state index contributed by atoms with van der Waals surface area (Å²) >= 11 is 0. The smallest absolute Gasteiger partial charge is 0.322 e. The first-order valence-electron chi connectivity index (χ1n) is 7.64. The van der Waals surface area contributed by atoms with E-state index >= 15 is 0 Å². The highest BCUT2D eigenvalue weighted by atomic mass is 16.5. The van der Waals surface area contributed by atoms with E-state index in [1.165, 1.54) is 0 Å². The Morgan fingerprint density at radius 3 is 2.71 bits per heavy atom. The van der Waals surface area contributed by atoms with Gasteiger partial charge in [0.1, 0.15) is 0 Å². The largest absolute Gasteiger partial charge is 0.371 e. The van der Waals surface area contributed by atoms with Crippen molar-refractivity contribution in [1.29, 1.82) is 0 Å². The lowest BCUT2D eigenvalue weighted by Gasteiger charge is -2.32. The van der Waals surface area contributed by atoms with Crippen molar-refractivity contribution in [2.24, 2.45) is 0 Å². The summed E-state index contributed by atoms with van der Waals surface area (Å²) in [5.74, 6) is 0. The molecule has 5 nitrogen and oxygen atoms in total. The van der Waals surface area contributed by atoms with Crippen molar-refractivity contribution in [3.8, 4) is 0 Å². The fraction of sp³-hybridized carbons (Fsp3) is 0.562. The zero-order valence-electron chi connectivity index (χ0n) is 12.6. The first-order chi connectivity index (χ1) is 10.2. The molecular weight excluding hydrogens is 266 g/mol. The number of benzene rings is 1. The lowest BCUT2D eigenvalue weighted by Crippen LogP contribution is -2.47. The zero-order valence-corrected chi connectivity index (χ0v) is 12.6. The number of carbonyl (C=O) groups is 1. The molecule has 5 heteroatoms. The number of ether oxygens (including phenoxy) is 1. The molecule has 3 unspecified atom stereocenters. The van der Waals surface area contributed by atoms with E-state index in [0.29, 0.717) is 13.1 Å². The normalized spacial score (nSPS) is 25.7. The predicted molar refractivity (Wildman–Crippen MR) is 82.4 cm³/mol. The van der Waals surface area contributed by atoms with Gasteiger partial charge in [-0.25, -0.2) is 4.79 Å². The van der Waals surface area contributed by atoms with Gasteiger partial charge >= 0.3 is 6.03 Å². The summed E-state index contributed by atoms with van der Waals surface area (Å²) in [7, 11) is 1.93. The lowest BCUT2D eigenvalue weighted by molar-refractivity contribution is -0.0219. The van der Waals surface area contributed by atoms with Crippen molar-refractivity contribution in [3.63, 3.8) is 0 Å². The number of morpholine rings is 1. The summed E-state index contributed by atoms with van der Waals surface area (Å²) in [6, 6.07) is 8.23. The van der Waals surface area contributed by atoms with Crippen molar-refractivity contribution in [3.05, 3.63) is 29.8 Å². The summed E-state index contributed by atoms with van der Waals surface area (Å²) in [5, 5.41) is 6.21. The highest BCUT2D eigenvalue weighted by Gasteiger charge is 2.35. The molecule has 2 bridgehead atoms. The van der Waals surface area contributed by atoms with E-state index in [1.807, 2.05) is 30.1 Å². The van der Waals surface area contributed by atoms with Crippen LogP contribution in [0.2, 0.25) is 0 Å². The minimum atomic E-state index is -0.0236. The number of rotatable bonds is 3. The van der Waals surface area contributed by atoms with E-state index in [-0.39, 0.29) is 24.3 Å². The number of nitrogens with one attached hydrogen (secondary N) is 2. The minimum absolute atomic E-state index is 0.0236. The quantitative estimate of drug-likeness (QED) is 0.898. The second-order valence-corrected chi connectivity index (χ2v) is 5.93. The van der Waals surface area contributed by atoms with E-state index in [0.717, 1.165) is 24.1 Å². The number of amides is 2. The first kappa shape index (κ1) is 14.4. The van der Waals surface area contributed by atoms with Crippen molar-refractivity contribution < 1.29 is 9.53 Å². The summed E-state index contributed by atoms with van der Waals surface area (Å²) in [6.45, 7) is 3.50. The van der Waals surface area contributed by atoms with E-state index < -0.39 is 0 Å². The molecule has 2 N–H and O–H groups in total. The van der Waals surface area contributed by atoms with Crippen molar-refractivity contribution >= 4 is 11.7 Å². The SMILES string of the molecule is CNC(C)c1cccc(NC(=O)N2CC3CCC(C2)O3)c1. The molecule has 2 amide bonds. The fourth-order valence-electron chi connectivity index (χ4n) is 3.04. The standard InChI is InChI=1S/C16H23N3O2/c1-11(17-2)12-4-3-5-13(8-12)18-16(20)19-9-14-6-7-15(10-19)21-14/h3-5,8,11,14-15,17H,6-7,9-10H2,1-2H3,(H,18,20).